The summed E-state index contributed by atoms with van der Waals surface area (Å²) in [7, 11) is 0. The van der Waals surface area contributed by atoms with E-state index in [1.807, 2.05) is 6.92 Å². The maximum atomic E-state index is 12.0. The Balaban J connectivity index is 0.00000420. The Hall–Kier alpha value is -1.55. The summed E-state index contributed by atoms with van der Waals surface area (Å²) in [5.41, 5.74) is 0.533. The molecule has 1 unspecified atom stereocenters. The topological polar surface area (TPSA) is 89.0 Å². The van der Waals surface area contributed by atoms with Crippen LogP contribution in [0.3, 0.4) is 0 Å². The molecule has 1 amide bonds. The van der Waals surface area contributed by atoms with Gasteiger partial charge < -0.3 is 26.0 Å². The molecule has 0 radical (unpaired) electrons. The molecule has 29 heavy (non-hydrogen) atoms. The van der Waals surface area contributed by atoms with Crippen molar-refractivity contribution < 1.29 is 9.90 Å². The van der Waals surface area contributed by atoms with Crippen molar-refractivity contribution in [2.45, 2.75) is 45.6 Å². The molecule has 7 nitrogen and oxygen atoms in total. The molecule has 8 heteroatoms. The molecule has 0 aliphatic carbocycles. The summed E-state index contributed by atoms with van der Waals surface area (Å²) in [6.07, 6.45) is 5.03. The predicted octanol–water partition coefficient (Wildman–Crippen LogP) is 2.56. The van der Waals surface area contributed by atoms with E-state index in [9.17, 15) is 9.90 Å². The number of piperidine rings is 1. The van der Waals surface area contributed by atoms with Crippen LogP contribution >= 0.6 is 24.0 Å². The highest BCUT2D eigenvalue weighted by Crippen LogP contribution is 2.16. The molecule has 1 aliphatic heterocycles. The molecule has 1 fully saturated rings. The van der Waals surface area contributed by atoms with Crippen molar-refractivity contribution in [2.75, 3.05) is 39.3 Å². The summed E-state index contributed by atoms with van der Waals surface area (Å²) in [6.45, 7) is 9.36. The fourth-order valence-electron chi connectivity index (χ4n) is 3.37. The molecule has 2 rings (SSSR count). The highest BCUT2D eigenvalue weighted by Gasteiger charge is 2.16. The van der Waals surface area contributed by atoms with Gasteiger partial charge in [0.15, 0.2) is 5.96 Å². The summed E-state index contributed by atoms with van der Waals surface area (Å²) in [4.78, 5) is 19.2. The first-order valence-corrected chi connectivity index (χ1v) is 10.4. The van der Waals surface area contributed by atoms with Gasteiger partial charge in [-0.2, -0.15) is 0 Å². The van der Waals surface area contributed by atoms with Crippen LogP contribution in [0.4, 0.5) is 0 Å². The Labute approximate surface area is 191 Å². The molecular formula is C21H36IN5O2. The first-order chi connectivity index (χ1) is 13.6. The number of nitrogens with one attached hydrogen (secondary N) is 3. The minimum Gasteiger partial charge on any atom is -0.508 e. The average Bonchev–Trinajstić information content (AvgIpc) is 2.70. The van der Waals surface area contributed by atoms with Gasteiger partial charge in [0.1, 0.15) is 5.75 Å². The molecule has 1 aromatic carbocycles. The number of aliphatic imine (C=N–C) groups is 1. The van der Waals surface area contributed by atoms with E-state index in [0.717, 1.165) is 32.0 Å². The molecule has 1 atom stereocenters. The fourth-order valence-corrected chi connectivity index (χ4v) is 3.37. The SMILES string of the molecule is CCNC(=NCCCN1CCCCC1C)NCCNC(=O)c1ccc(O)cc1.I. The van der Waals surface area contributed by atoms with Gasteiger partial charge in [0, 0.05) is 44.3 Å². The molecule has 0 aromatic heterocycles. The van der Waals surface area contributed by atoms with Crippen molar-refractivity contribution in [1.29, 1.82) is 0 Å². The molecule has 0 saturated carbocycles. The van der Waals surface area contributed by atoms with Crippen LogP contribution in [-0.2, 0) is 0 Å². The lowest BCUT2D eigenvalue weighted by molar-refractivity contribution is 0.0954. The Bertz CT molecular complexity index is 624. The number of halogens is 1. The molecule has 0 bridgehead atoms. The molecular weight excluding hydrogens is 481 g/mol. The monoisotopic (exact) mass is 517 g/mol. The number of nitrogens with zero attached hydrogens (tertiary/aromatic N) is 2. The normalized spacial score (nSPS) is 17.3. The number of amides is 1. The number of carbonyl (C=O) groups excluding carboxylic acids is 1. The molecule has 1 aliphatic rings. The van der Waals surface area contributed by atoms with Gasteiger partial charge in [-0.15, -0.1) is 24.0 Å². The van der Waals surface area contributed by atoms with Crippen LogP contribution in [0.2, 0.25) is 0 Å². The smallest absolute Gasteiger partial charge is 0.251 e. The number of phenols is 1. The van der Waals surface area contributed by atoms with Crippen molar-refractivity contribution in [1.82, 2.24) is 20.9 Å². The fraction of sp³-hybridized carbons (Fsp3) is 0.619. The predicted molar refractivity (Wildman–Crippen MR) is 129 cm³/mol. The first-order valence-electron chi connectivity index (χ1n) is 10.4. The quantitative estimate of drug-likeness (QED) is 0.175. The molecule has 4 N–H and O–H groups in total. The van der Waals surface area contributed by atoms with Gasteiger partial charge in [-0.25, -0.2) is 0 Å². The van der Waals surface area contributed by atoms with Crippen LogP contribution in [0, 0.1) is 0 Å². The van der Waals surface area contributed by atoms with Crippen molar-refractivity contribution >= 4 is 35.8 Å². The minimum atomic E-state index is -0.153. The van der Waals surface area contributed by atoms with Crippen molar-refractivity contribution in [2.24, 2.45) is 4.99 Å². The van der Waals surface area contributed by atoms with Crippen LogP contribution in [0.15, 0.2) is 29.3 Å². The van der Waals surface area contributed by atoms with E-state index in [0.29, 0.717) is 24.7 Å². The number of rotatable bonds is 9. The summed E-state index contributed by atoms with van der Waals surface area (Å²) < 4.78 is 0. The van der Waals surface area contributed by atoms with Gasteiger partial charge in [0.2, 0.25) is 0 Å². The number of aromatic hydroxyl groups is 1. The van der Waals surface area contributed by atoms with Crippen molar-refractivity contribution in [3.63, 3.8) is 0 Å². The zero-order chi connectivity index (χ0) is 20.2. The summed E-state index contributed by atoms with van der Waals surface area (Å²) in [5, 5.41) is 18.6. The number of benzene rings is 1. The van der Waals surface area contributed by atoms with Gasteiger partial charge in [-0.1, -0.05) is 6.42 Å². The Kier molecular flexibility index (Phi) is 12.7. The van der Waals surface area contributed by atoms with Gasteiger partial charge >= 0.3 is 0 Å². The lowest BCUT2D eigenvalue weighted by Gasteiger charge is -2.33. The van der Waals surface area contributed by atoms with Gasteiger partial charge in [0.05, 0.1) is 0 Å². The van der Waals surface area contributed by atoms with Crippen LogP contribution in [-0.4, -0.2) is 67.2 Å². The second kappa shape index (κ2) is 14.4. The zero-order valence-electron chi connectivity index (χ0n) is 17.6. The van der Waals surface area contributed by atoms with E-state index in [2.05, 4.69) is 32.8 Å². The zero-order valence-corrected chi connectivity index (χ0v) is 19.9. The lowest BCUT2D eigenvalue weighted by Crippen LogP contribution is -2.42. The van der Waals surface area contributed by atoms with Crippen LogP contribution in [0.25, 0.3) is 0 Å². The number of hydrogen-bond donors (Lipinski definition) is 4. The standard InChI is InChI=1S/C21H35N5O2.HI/c1-3-22-21(24-12-6-16-26-15-5-4-7-17(26)2)25-14-13-23-20(28)18-8-10-19(27)11-9-18;/h8-11,17,27H,3-7,12-16H2,1-2H3,(H,23,28)(H2,22,24,25);1H. The van der Waals surface area contributed by atoms with E-state index >= 15 is 0 Å². The third-order valence-electron chi connectivity index (χ3n) is 4.99. The lowest BCUT2D eigenvalue weighted by atomic mass is 10.0. The molecule has 164 valence electrons. The van der Waals surface area contributed by atoms with Gasteiger partial charge in [0.25, 0.3) is 5.91 Å². The number of phenolic OH excluding ortho intramolecular Hbond substituents is 1. The third-order valence-corrected chi connectivity index (χ3v) is 4.99. The van der Waals surface area contributed by atoms with E-state index in [1.54, 1.807) is 12.1 Å². The second-order valence-electron chi connectivity index (χ2n) is 7.22. The first kappa shape index (κ1) is 25.5. The van der Waals surface area contributed by atoms with E-state index in [4.69, 9.17) is 0 Å². The van der Waals surface area contributed by atoms with Crippen LogP contribution in [0.1, 0.15) is 49.9 Å². The number of hydrogen-bond acceptors (Lipinski definition) is 4. The number of guanidine groups is 1. The maximum absolute atomic E-state index is 12.0. The van der Waals surface area contributed by atoms with E-state index in [1.165, 1.54) is 37.9 Å². The summed E-state index contributed by atoms with van der Waals surface area (Å²) >= 11 is 0. The Morgan fingerprint density at radius 2 is 1.90 bits per heavy atom. The highest BCUT2D eigenvalue weighted by molar-refractivity contribution is 14.0. The van der Waals surface area contributed by atoms with Gasteiger partial charge in [-0.3, -0.25) is 9.79 Å². The van der Waals surface area contributed by atoms with Crippen molar-refractivity contribution in [3.05, 3.63) is 29.8 Å². The molecule has 1 aromatic rings. The molecule has 1 heterocycles. The number of likely N-dealkylation sites (tertiary alicyclic amines) is 1. The summed E-state index contributed by atoms with van der Waals surface area (Å²) in [5.74, 6) is 0.784. The van der Waals surface area contributed by atoms with Crippen LogP contribution in [0.5, 0.6) is 5.75 Å². The van der Waals surface area contributed by atoms with Crippen molar-refractivity contribution in [3.8, 4) is 5.75 Å². The minimum absolute atomic E-state index is 0. The van der Waals surface area contributed by atoms with Crippen LogP contribution < -0.4 is 16.0 Å². The number of carbonyl (C=O) groups is 1. The van der Waals surface area contributed by atoms with E-state index < -0.39 is 0 Å². The molecule has 1 saturated heterocycles. The highest BCUT2D eigenvalue weighted by atomic mass is 127. The third kappa shape index (κ3) is 9.66. The average molecular weight is 517 g/mol. The maximum Gasteiger partial charge on any atom is 0.251 e. The largest absolute Gasteiger partial charge is 0.508 e. The van der Waals surface area contributed by atoms with E-state index in [-0.39, 0.29) is 35.6 Å². The van der Waals surface area contributed by atoms with Gasteiger partial charge in [-0.05, 0) is 63.9 Å². The Morgan fingerprint density at radius 1 is 1.17 bits per heavy atom. The summed E-state index contributed by atoms with van der Waals surface area (Å²) in [6, 6.07) is 6.92. The Morgan fingerprint density at radius 3 is 2.59 bits per heavy atom. The second-order valence-corrected chi connectivity index (χ2v) is 7.22. The molecule has 0 spiro atoms.